The van der Waals surface area contributed by atoms with Crippen LogP contribution in [0.4, 0.5) is 34.1 Å². The Morgan fingerprint density at radius 3 is 1.32 bits per heavy atom. The van der Waals surface area contributed by atoms with Crippen LogP contribution in [0.3, 0.4) is 0 Å². The van der Waals surface area contributed by atoms with Gasteiger partial charge in [0.15, 0.2) is 11.6 Å². The van der Waals surface area contributed by atoms with Crippen molar-refractivity contribution >= 4 is 127 Å². The summed E-state index contributed by atoms with van der Waals surface area (Å²) in [5.41, 5.74) is 3.07. The van der Waals surface area contributed by atoms with Crippen LogP contribution in [0.5, 0.6) is 11.5 Å². The second kappa shape index (κ2) is 24.2. The van der Waals surface area contributed by atoms with Crippen LogP contribution in [-0.2, 0) is 19.2 Å². The summed E-state index contributed by atoms with van der Waals surface area (Å²) in [6.45, 7) is 7.45. The molecule has 16 nitrogen and oxygen atoms in total. The predicted molar refractivity (Wildman–Crippen MR) is 269 cm³/mol. The van der Waals surface area contributed by atoms with Gasteiger partial charge in [0.1, 0.15) is 11.5 Å². The second-order valence-corrected chi connectivity index (χ2v) is 18.1. The average Bonchev–Trinajstić information content (AvgIpc) is 3.28. The van der Waals surface area contributed by atoms with E-state index in [0.29, 0.717) is 39.6 Å². The zero-order chi connectivity index (χ0) is 50.7. The number of carbonyl (C=O) groups excluding carboxylic acids is 6. The van der Waals surface area contributed by atoms with Crippen LogP contribution in [-0.4, -0.2) is 61.5 Å². The zero-order valence-electron chi connectivity index (χ0n) is 38.0. The summed E-state index contributed by atoms with van der Waals surface area (Å²) >= 11 is 31.8. The third-order valence-corrected chi connectivity index (χ3v) is 11.1. The fourth-order valence-electron chi connectivity index (χ4n) is 6.68. The van der Waals surface area contributed by atoms with Gasteiger partial charge in [-0.25, -0.2) is 0 Å². The minimum absolute atomic E-state index is 0.0711. The third kappa shape index (κ3) is 14.1. The first-order valence-corrected chi connectivity index (χ1v) is 22.9. The maximum absolute atomic E-state index is 13.6. The highest BCUT2D eigenvalue weighted by Crippen LogP contribution is 2.38. The lowest BCUT2D eigenvalue weighted by molar-refractivity contribution is -0.127. The maximum Gasteiger partial charge on any atom is 0.258 e. The van der Waals surface area contributed by atoms with Crippen molar-refractivity contribution in [1.82, 2.24) is 0 Å². The van der Waals surface area contributed by atoms with Crippen molar-refractivity contribution in [3.8, 4) is 11.5 Å². The molecule has 4 N–H and O–H groups in total. The lowest BCUT2D eigenvalue weighted by Crippen LogP contribution is -2.32. The fraction of sp³-hybridized carbons (Fsp3) is 0.250. The number of carbonyl (C=O) groups is 6. The minimum atomic E-state index is -1.64. The van der Waals surface area contributed by atoms with E-state index < -0.39 is 63.4 Å². The Morgan fingerprint density at radius 1 is 0.507 bits per heavy atom. The summed E-state index contributed by atoms with van der Waals surface area (Å²) in [6, 6.07) is 19.7. The number of para-hydroxylation sites is 2. The summed E-state index contributed by atoms with van der Waals surface area (Å²) in [6.07, 6.45) is 0. The van der Waals surface area contributed by atoms with Crippen molar-refractivity contribution < 1.29 is 38.2 Å². The van der Waals surface area contributed by atoms with E-state index in [4.69, 9.17) is 67.5 Å². The molecule has 0 bridgehead atoms. The zero-order valence-corrected chi connectivity index (χ0v) is 41.8. The summed E-state index contributed by atoms with van der Waals surface area (Å²) < 4.78 is 11.0. The number of alkyl halides is 3. The van der Waals surface area contributed by atoms with E-state index in [1.807, 2.05) is 0 Å². The SMILES string of the molecule is COc1c(NC(=O)c2cc(Cl)cc(N=NC(C(C)=O)C(=O)Nc3ccc(NC(=O)C(N=Nc4cc(Cl)cc(C(=O)Nc5cccc(C(C)Cl)c5OC)c4)C(C)=O)c(C(C)Cl)c3)c2)cccc1C(C)Cl. The Kier molecular flexibility index (Phi) is 18.8. The Hall–Kier alpha value is -6.43. The molecular formula is C48H45Cl5N8O8. The number of benzene rings is 5. The van der Waals surface area contributed by atoms with Gasteiger partial charge in [-0.2, -0.15) is 20.5 Å². The number of rotatable bonds is 19. The van der Waals surface area contributed by atoms with Crippen molar-refractivity contribution in [1.29, 1.82) is 0 Å². The Balaban J connectivity index is 1.29. The molecule has 0 heterocycles. The van der Waals surface area contributed by atoms with Gasteiger partial charge in [-0.05, 0) is 107 Å². The summed E-state index contributed by atoms with van der Waals surface area (Å²) in [7, 11) is 2.91. The molecule has 21 heteroatoms. The molecule has 4 amide bonds. The minimum Gasteiger partial charge on any atom is -0.494 e. The van der Waals surface area contributed by atoms with Crippen LogP contribution < -0.4 is 30.7 Å². The lowest BCUT2D eigenvalue weighted by atomic mass is 10.1. The molecule has 5 aromatic carbocycles. The van der Waals surface area contributed by atoms with E-state index in [9.17, 15) is 28.8 Å². The van der Waals surface area contributed by atoms with Crippen molar-refractivity contribution in [3.05, 3.63) is 129 Å². The van der Waals surface area contributed by atoms with E-state index in [2.05, 4.69) is 41.7 Å². The van der Waals surface area contributed by atoms with Gasteiger partial charge in [-0.15, -0.1) is 34.8 Å². The predicted octanol–water partition coefficient (Wildman–Crippen LogP) is 12.8. The second-order valence-electron chi connectivity index (χ2n) is 15.2. The van der Waals surface area contributed by atoms with Gasteiger partial charge in [0.2, 0.25) is 12.1 Å². The number of anilines is 4. The number of ketones is 2. The van der Waals surface area contributed by atoms with Gasteiger partial charge in [0.25, 0.3) is 23.6 Å². The number of hydrogen-bond donors (Lipinski definition) is 4. The van der Waals surface area contributed by atoms with E-state index in [1.54, 1.807) is 57.2 Å². The molecule has 0 aliphatic rings. The summed E-state index contributed by atoms with van der Waals surface area (Å²) in [5.74, 6) is -3.39. The van der Waals surface area contributed by atoms with Crippen LogP contribution in [0.25, 0.3) is 0 Å². The highest BCUT2D eigenvalue weighted by molar-refractivity contribution is 6.32. The van der Waals surface area contributed by atoms with E-state index in [1.165, 1.54) is 68.8 Å². The lowest BCUT2D eigenvalue weighted by Gasteiger charge is -2.17. The molecule has 0 spiro atoms. The topological polar surface area (TPSA) is 218 Å². The van der Waals surface area contributed by atoms with Gasteiger partial charge in [-0.1, -0.05) is 47.5 Å². The number of Topliss-reactive ketones (excluding diaryl/α,β-unsaturated/α-hetero) is 2. The third-order valence-electron chi connectivity index (χ3n) is 9.99. The number of ether oxygens (including phenoxy) is 2. The first-order valence-electron chi connectivity index (χ1n) is 20.8. The standard InChI is InChI=1S/C48H45Cl5N8O8/c1-23(49)35-10-8-12-39(43(35)68-6)56-45(64)28-16-30(52)20-33(18-28)58-60-41(26(4)62)47(66)54-32-14-15-38(37(22-32)25(3)51)55-48(67)42(27(5)63)61-59-34-19-29(17-31(53)21-34)46(65)57-40-13-9-11-36(24(2)50)44(40)69-7/h8-25,41-42H,1-7H3,(H,54,66)(H,55,67)(H,56,64)(H,57,65). The van der Waals surface area contributed by atoms with Crippen molar-refractivity contribution in [2.75, 3.05) is 35.5 Å². The molecule has 5 atom stereocenters. The van der Waals surface area contributed by atoms with E-state index in [-0.39, 0.29) is 43.9 Å². The van der Waals surface area contributed by atoms with Gasteiger partial charge < -0.3 is 30.7 Å². The molecule has 0 fully saturated rings. The molecule has 0 aliphatic carbocycles. The van der Waals surface area contributed by atoms with E-state index in [0.717, 1.165) is 13.8 Å². The number of hydrogen-bond acceptors (Lipinski definition) is 12. The van der Waals surface area contributed by atoms with Crippen LogP contribution in [0.1, 0.15) is 88.2 Å². The molecule has 0 saturated heterocycles. The molecule has 0 saturated carbocycles. The summed E-state index contributed by atoms with van der Waals surface area (Å²) in [4.78, 5) is 79.1. The molecule has 0 aromatic heterocycles. The molecule has 0 radical (unpaired) electrons. The van der Waals surface area contributed by atoms with Crippen molar-refractivity contribution in [2.45, 2.75) is 62.8 Å². The van der Waals surface area contributed by atoms with Crippen LogP contribution in [0.2, 0.25) is 10.0 Å². The van der Waals surface area contributed by atoms with E-state index >= 15 is 0 Å². The van der Waals surface area contributed by atoms with Gasteiger partial charge >= 0.3 is 0 Å². The molecule has 5 rings (SSSR count). The Bertz CT molecular complexity index is 2860. The largest absolute Gasteiger partial charge is 0.494 e. The molecule has 5 unspecified atom stereocenters. The highest BCUT2D eigenvalue weighted by atomic mass is 35.5. The van der Waals surface area contributed by atoms with Crippen molar-refractivity contribution in [3.63, 3.8) is 0 Å². The quantitative estimate of drug-likeness (QED) is 0.0353. The Morgan fingerprint density at radius 2 is 0.928 bits per heavy atom. The fourth-order valence-corrected chi connectivity index (χ4v) is 7.67. The van der Waals surface area contributed by atoms with Crippen LogP contribution >= 0.6 is 58.0 Å². The summed E-state index contributed by atoms with van der Waals surface area (Å²) in [5, 5.41) is 25.6. The number of nitrogens with one attached hydrogen (secondary N) is 4. The smallest absolute Gasteiger partial charge is 0.258 e. The van der Waals surface area contributed by atoms with Crippen LogP contribution in [0.15, 0.2) is 111 Å². The van der Waals surface area contributed by atoms with Gasteiger partial charge in [-0.3, -0.25) is 28.8 Å². The number of methoxy groups -OCH3 is 2. The molecular weight excluding hydrogens is 994 g/mol. The maximum atomic E-state index is 13.6. The normalized spacial score (nSPS) is 13.4. The first-order chi connectivity index (χ1) is 32.7. The molecule has 5 aromatic rings. The Labute approximate surface area is 422 Å². The van der Waals surface area contributed by atoms with Crippen LogP contribution in [0, 0.1) is 0 Å². The first kappa shape index (κ1) is 53.5. The number of nitrogens with zero attached hydrogens (tertiary/aromatic N) is 4. The number of halogens is 5. The molecule has 69 heavy (non-hydrogen) atoms. The highest BCUT2D eigenvalue weighted by Gasteiger charge is 2.27. The van der Waals surface area contributed by atoms with Crippen molar-refractivity contribution in [2.24, 2.45) is 20.5 Å². The van der Waals surface area contributed by atoms with Gasteiger partial charge in [0, 0.05) is 43.7 Å². The average molecular weight is 1040 g/mol. The number of azo groups is 2. The van der Waals surface area contributed by atoms with Gasteiger partial charge in [0.05, 0.1) is 53.1 Å². The monoisotopic (exact) mass is 1040 g/mol. The molecule has 360 valence electrons. The number of amides is 4. The molecule has 0 aliphatic heterocycles.